The van der Waals surface area contributed by atoms with E-state index in [0.29, 0.717) is 0 Å². The van der Waals surface area contributed by atoms with Gasteiger partial charge in [0, 0.05) is 6.54 Å². The van der Waals surface area contributed by atoms with Crippen LogP contribution in [0.5, 0.6) is 0 Å². The van der Waals surface area contributed by atoms with Crippen LogP contribution in [0.25, 0.3) is 0 Å². The molecule has 0 atom stereocenters. The summed E-state index contributed by atoms with van der Waals surface area (Å²) in [7, 11) is 0. The van der Waals surface area contributed by atoms with Gasteiger partial charge in [-0.2, -0.15) is 22.0 Å². The van der Waals surface area contributed by atoms with Crippen molar-refractivity contribution in [2.75, 3.05) is 19.7 Å². The molecule has 0 heterocycles. The molecule has 0 saturated heterocycles. The summed E-state index contributed by atoms with van der Waals surface area (Å²) in [6.45, 7) is 2.79. The second-order valence-electron chi connectivity index (χ2n) is 3.35. The molecule has 0 radical (unpaired) electrons. The molecule has 0 aromatic heterocycles. The Morgan fingerprint density at radius 1 is 1.26 bits per heavy atom. The van der Waals surface area contributed by atoms with Gasteiger partial charge in [-0.1, -0.05) is 6.08 Å². The highest BCUT2D eigenvalue weighted by molar-refractivity contribution is 5.87. The Kier molecular flexibility index (Phi) is 5.91. The van der Waals surface area contributed by atoms with Gasteiger partial charge in [-0.3, -0.25) is 9.59 Å². The van der Waals surface area contributed by atoms with Gasteiger partial charge in [-0.25, -0.2) is 0 Å². The summed E-state index contributed by atoms with van der Waals surface area (Å²) < 4.78 is 66.1. The third-order valence-corrected chi connectivity index (χ3v) is 1.89. The van der Waals surface area contributed by atoms with E-state index in [1.807, 2.05) is 0 Å². The molecule has 4 nitrogen and oxygen atoms in total. The van der Waals surface area contributed by atoms with Crippen LogP contribution in [0.2, 0.25) is 0 Å². The number of amides is 1. The highest BCUT2D eigenvalue weighted by Crippen LogP contribution is 2.36. The van der Waals surface area contributed by atoms with E-state index in [-0.39, 0.29) is 11.5 Å². The fourth-order valence-electron chi connectivity index (χ4n) is 1.06. The number of nitrogens with zero attached hydrogens (tertiary/aromatic N) is 1. The lowest BCUT2D eigenvalue weighted by Crippen LogP contribution is -2.53. The zero-order valence-corrected chi connectivity index (χ0v) is 9.97. The average Bonchev–Trinajstić information content (AvgIpc) is 2.26. The maximum absolute atomic E-state index is 12.8. The van der Waals surface area contributed by atoms with Gasteiger partial charge in [-0.15, -0.1) is 6.58 Å². The predicted octanol–water partition coefficient (Wildman–Crippen LogP) is 1.76. The van der Waals surface area contributed by atoms with Gasteiger partial charge < -0.3 is 9.64 Å². The highest BCUT2D eigenvalue weighted by atomic mass is 19.4. The van der Waals surface area contributed by atoms with Crippen molar-refractivity contribution in [1.82, 2.24) is 4.90 Å². The predicted molar refractivity (Wildman–Crippen MR) is 54.4 cm³/mol. The summed E-state index contributed by atoms with van der Waals surface area (Å²) in [5.41, 5.74) is 0. The molecule has 0 aliphatic carbocycles. The number of hydrogen-bond donors (Lipinski definition) is 0. The minimum absolute atomic E-state index is 0.0263. The molecule has 19 heavy (non-hydrogen) atoms. The molecule has 0 aromatic rings. The van der Waals surface area contributed by atoms with Crippen molar-refractivity contribution in [1.29, 1.82) is 0 Å². The van der Waals surface area contributed by atoms with Crippen molar-refractivity contribution in [3.63, 3.8) is 0 Å². The molecule has 110 valence electrons. The van der Waals surface area contributed by atoms with Crippen LogP contribution in [-0.4, -0.2) is 48.6 Å². The van der Waals surface area contributed by atoms with E-state index in [1.54, 1.807) is 0 Å². The summed E-state index contributed by atoms with van der Waals surface area (Å²) in [5.74, 6) is -9.17. The van der Waals surface area contributed by atoms with Crippen molar-refractivity contribution in [2.45, 2.75) is 19.0 Å². The van der Waals surface area contributed by atoms with E-state index in [9.17, 15) is 31.5 Å². The van der Waals surface area contributed by atoms with Crippen molar-refractivity contribution in [3.8, 4) is 0 Å². The van der Waals surface area contributed by atoms with Crippen LogP contribution < -0.4 is 0 Å². The lowest BCUT2D eigenvalue weighted by molar-refractivity contribution is -0.274. The molecule has 1 amide bonds. The minimum Gasteiger partial charge on any atom is -0.465 e. The maximum Gasteiger partial charge on any atom is 0.463 e. The van der Waals surface area contributed by atoms with Gasteiger partial charge in [0.25, 0.3) is 0 Å². The van der Waals surface area contributed by atoms with Crippen LogP contribution in [0.1, 0.15) is 6.92 Å². The molecular weight excluding hydrogens is 277 g/mol. The van der Waals surface area contributed by atoms with Gasteiger partial charge in [0.05, 0.1) is 6.61 Å². The first-order valence-electron chi connectivity index (χ1n) is 5.08. The molecule has 0 N–H and O–H groups in total. The number of carbonyl (C=O) groups excluding carboxylic acids is 2. The van der Waals surface area contributed by atoms with E-state index in [1.165, 1.54) is 6.92 Å². The van der Waals surface area contributed by atoms with Crippen LogP contribution >= 0.6 is 0 Å². The Morgan fingerprint density at radius 2 is 1.79 bits per heavy atom. The number of hydrogen-bond acceptors (Lipinski definition) is 3. The summed E-state index contributed by atoms with van der Waals surface area (Å²) in [4.78, 5) is 22.2. The average molecular weight is 289 g/mol. The van der Waals surface area contributed by atoms with Crippen LogP contribution in [0.3, 0.4) is 0 Å². The Hall–Kier alpha value is -1.67. The number of esters is 1. The van der Waals surface area contributed by atoms with Crippen LogP contribution in [-0.2, 0) is 14.3 Å². The zero-order valence-electron chi connectivity index (χ0n) is 9.97. The molecule has 0 rings (SSSR count). The number of carbonyl (C=O) groups is 2. The smallest absolute Gasteiger partial charge is 0.463 e. The first-order valence-corrected chi connectivity index (χ1v) is 5.08. The summed E-state index contributed by atoms with van der Waals surface area (Å²) in [5, 5.41) is 0. The first-order chi connectivity index (χ1) is 8.57. The lowest BCUT2D eigenvalue weighted by Gasteiger charge is -2.26. The molecule has 0 aliphatic heterocycles. The van der Waals surface area contributed by atoms with Crippen molar-refractivity contribution >= 4 is 11.9 Å². The molecular formula is C10H12F5NO3. The van der Waals surface area contributed by atoms with Crippen molar-refractivity contribution < 1.29 is 36.3 Å². The van der Waals surface area contributed by atoms with Gasteiger partial charge in [-0.05, 0) is 6.92 Å². The van der Waals surface area contributed by atoms with E-state index in [4.69, 9.17) is 0 Å². The van der Waals surface area contributed by atoms with Crippen molar-refractivity contribution in [2.24, 2.45) is 0 Å². The molecule has 0 unspecified atom stereocenters. The topological polar surface area (TPSA) is 46.6 Å². The highest BCUT2D eigenvalue weighted by Gasteiger charge is 2.64. The number of halogens is 5. The van der Waals surface area contributed by atoms with Gasteiger partial charge in [0.2, 0.25) is 0 Å². The summed E-state index contributed by atoms with van der Waals surface area (Å²) in [6, 6.07) is 0. The fraction of sp³-hybridized carbons (Fsp3) is 0.600. The molecule has 0 aliphatic rings. The van der Waals surface area contributed by atoms with Crippen LogP contribution in [0.4, 0.5) is 22.0 Å². The standard InChI is InChI=1S/C10H12F5NO3/c1-3-5-16(6-7(17)19-4-2)8(18)9(11,12)10(13,14)15/h3H,1,4-6H2,2H3. The molecule has 0 aromatic carbocycles. The van der Waals surface area contributed by atoms with Gasteiger partial charge >= 0.3 is 24.0 Å². The van der Waals surface area contributed by atoms with Gasteiger partial charge in [0.1, 0.15) is 6.54 Å². The van der Waals surface area contributed by atoms with Crippen LogP contribution in [0.15, 0.2) is 12.7 Å². The third kappa shape index (κ3) is 4.49. The van der Waals surface area contributed by atoms with Gasteiger partial charge in [0.15, 0.2) is 0 Å². The normalized spacial score (nSPS) is 11.9. The van der Waals surface area contributed by atoms with E-state index in [0.717, 1.165) is 6.08 Å². The van der Waals surface area contributed by atoms with Crippen LogP contribution in [0, 0.1) is 0 Å². The maximum atomic E-state index is 12.8. The largest absolute Gasteiger partial charge is 0.465 e. The number of ether oxygens (including phenoxy) is 1. The molecule has 0 saturated carbocycles. The Bertz CT molecular complexity index is 354. The Labute approximate surface area is 105 Å². The summed E-state index contributed by atoms with van der Waals surface area (Å²) in [6.07, 6.45) is -5.11. The molecule has 9 heteroatoms. The SMILES string of the molecule is C=CCN(CC(=O)OCC)C(=O)C(F)(F)C(F)(F)F. The Morgan fingerprint density at radius 3 is 2.16 bits per heavy atom. The fourth-order valence-corrected chi connectivity index (χ4v) is 1.06. The Balaban J connectivity index is 5.03. The van der Waals surface area contributed by atoms with Crippen molar-refractivity contribution in [3.05, 3.63) is 12.7 Å². The second-order valence-corrected chi connectivity index (χ2v) is 3.35. The van der Waals surface area contributed by atoms with E-state index < -0.39 is 37.1 Å². The lowest BCUT2D eigenvalue weighted by atomic mass is 10.2. The molecule has 0 spiro atoms. The first kappa shape index (κ1) is 17.3. The van der Waals surface area contributed by atoms with E-state index in [2.05, 4.69) is 11.3 Å². The molecule has 0 fully saturated rings. The number of rotatable bonds is 6. The monoisotopic (exact) mass is 289 g/mol. The quantitative estimate of drug-likeness (QED) is 0.425. The zero-order chi connectivity index (χ0) is 15.3. The number of alkyl halides is 5. The summed E-state index contributed by atoms with van der Waals surface area (Å²) >= 11 is 0. The third-order valence-electron chi connectivity index (χ3n) is 1.89. The van der Waals surface area contributed by atoms with E-state index >= 15 is 0 Å². The molecule has 0 bridgehead atoms. The minimum atomic E-state index is -6.03. The second kappa shape index (κ2) is 6.48.